The van der Waals surface area contributed by atoms with Gasteiger partial charge in [0, 0.05) is 11.1 Å². The molecule has 0 radical (unpaired) electrons. The van der Waals surface area contributed by atoms with Crippen molar-refractivity contribution in [3.05, 3.63) is 63.7 Å². The van der Waals surface area contributed by atoms with Crippen molar-refractivity contribution in [3.8, 4) is 5.75 Å². The maximum atomic E-state index is 12.8. The molecule has 0 aliphatic carbocycles. The molecule has 2 aromatic carbocycles. The molecular formula is C25H30O4. The molecule has 0 saturated heterocycles. The summed E-state index contributed by atoms with van der Waals surface area (Å²) in [5, 5.41) is 9.33. The highest BCUT2D eigenvalue weighted by molar-refractivity contribution is 5.87. The predicted molar refractivity (Wildman–Crippen MR) is 114 cm³/mol. The number of aryl methyl sites for hydroxylation is 1. The fourth-order valence-electron chi connectivity index (χ4n) is 3.95. The summed E-state index contributed by atoms with van der Waals surface area (Å²) < 4.78 is 5.77. The highest BCUT2D eigenvalue weighted by Gasteiger charge is 2.38. The van der Waals surface area contributed by atoms with Gasteiger partial charge in [0.1, 0.15) is 5.75 Å². The van der Waals surface area contributed by atoms with Crippen molar-refractivity contribution in [1.82, 2.24) is 0 Å². The third-order valence-electron chi connectivity index (χ3n) is 5.95. The Labute approximate surface area is 172 Å². The van der Waals surface area contributed by atoms with Gasteiger partial charge in [-0.1, -0.05) is 58.0 Å². The van der Waals surface area contributed by atoms with Crippen LogP contribution in [0.4, 0.5) is 0 Å². The molecule has 3 rings (SSSR count). The quantitative estimate of drug-likeness (QED) is 0.565. The highest BCUT2D eigenvalue weighted by Crippen LogP contribution is 2.45. The third kappa shape index (κ3) is 4.21. The van der Waals surface area contributed by atoms with Crippen LogP contribution in [0.5, 0.6) is 5.75 Å². The minimum absolute atomic E-state index is 0.221. The van der Waals surface area contributed by atoms with Crippen molar-refractivity contribution < 1.29 is 19.4 Å². The van der Waals surface area contributed by atoms with E-state index in [1.54, 1.807) is 6.92 Å². The van der Waals surface area contributed by atoms with Crippen LogP contribution in [-0.4, -0.2) is 17.0 Å². The van der Waals surface area contributed by atoms with Crippen LogP contribution in [0.15, 0.2) is 30.3 Å². The lowest BCUT2D eigenvalue weighted by molar-refractivity contribution is -0.141. The number of esters is 1. The summed E-state index contributed by atoms with van der Waals surface area (Å²) in [5.74, 6) is -1.25. The Morgan fingerprint density at radius 2 is 1.90 bits per heavy atom. The van der Waals surface area contributed by atoms with E-state index in [9.17, 15) is 14.7 Å². The number of rotatable bonds is 5. The lowest BCUT2D eigenvalue weighted by Crippen LogP contribution is -2.16. The van der Waals surface area contributed by atoms with E-state index < -0.39 is 11.9 Å². The monoisotopic (exact) mass is 394 g/mol. The smallest absolute Gasteiger partial charge is 0.319 e. The molecule has 4 heteroatoms. The Balaban J connectivity index is 2.08. The molecule has 0 spiro atoms. The first-order valence-electron chi connectivity index (χ1n) is 10.2. The van der Waals surface area contributed by atoms with Gasteiger partial charge in [-0.15, -0.1) is 0 Å². The van der Waals surface area contributed by atoms with E-state index in [0.717, 1.165) is 22.3 Å². The first-order chi connectivity index (χ1) is 13.5. The summed E-state index contributed by atoms with van der Waals surface area (Å²) in [5.41, 5.74) is 6.10. The lowest BCUT2D eigenvalue weighted by atomic mass is 9.80. The van der Waals surface area contributed by atoms with Gasteiger partial charge in [-0.3, -0.25) is 9.59 Å². The van der Waals surface area contributed by atoms with Crippen LogP contribution in [0.1, 0.15) is 67.0 Å². The minimum atomic E-state index is -0.818. The largest absolute Gasteiger partial charge is 0.481 e. The number of carbonyl (C=O) groups excluding carboxylic acids is 1. The molecule has 1 aliphatic rings. The fraction of sp³-hybridized carbons (Fsp3) is 0.440. The maximum absolute atomic E-state index is 12.8. The first kappa shape index (κ1) is 21.1. The average Bonchev–Trinajstić information content (AvgIpc) is 2.93. The number of hydrogen-bond acceptors (Lipinski definition) is 3. The molecule has 0 amide bonds. The normalized spacial score (nSPS) is 17.0. The summed E-state index contributed by atoms with van der Waals surface area (Å²) in [6.07, 6.45) is 1.01. The van der Waals surface area contributed by atoms with Crippen LogP contribution in [0, 0.1) is 19.8 Å². The first-order valence-corrected chi connectivity index (χ1v) is 10.2. The van der Waals surface area contributed by atoms with E-state index in [2.05, 4.69) is 46.8 Å². The van der Waals surface area contributed by atoms with Crippen LogP contribution in [-0.2, 0) is 27.8 Å². The van der Waals surface area contributed by atoms with E-state index in [-0.39, 0.29) is 17.3 Å². The molecule has 1 N–H and O–H groups in total. The zero-order valence-corrected chi connectivity index (χ0v) is 18.1. The van der Waals surface area contributed by atoms with Crippen LogP contribution < -0.4 is 4.74 Å². The molecule has 154 valence electrons. The lowest BCUT2D eigenvalue weighted by Gasteiger charge is -2.23. The second-order valence-electron chi connectivity index (χ2n) is 9.29. The number of benzene rings is 2. The zero-order valence-electron chi connectivity index (χ0n) is 18.1. The third-order valence-corrected chi connectivity index (χ3v) is 5.95. The molecule has 2 aromatic rings. The van der Waals surface area contributed by atoms with E-state index in [4.69, 9.17) is 4.74 Å². The number of carboxylic acids is 1. The van der Waals surface area contributed by atoms with Gasteiger partial charge in [0.25, 0.3) is 0 Å². The molecule has 0 fully saturated rings. The number of hydrogen-bond donors (Lipinski definition) is 1. The van der Waals surface area contributed by atoms with Crippen molar-refractivity contribution in [2.75, 3.05) is 0 Å². The van der Waals surface area contributed by atoms with Gasteiger partial charge >= 0.3 is 11.9 Å². The summed E-state index contributed by atoms with van der Waals surface area (Å²) in [6, 6.07) is 10.1. The SMILES string of the molecule is Cc1cccc(CC2C(=O)Oc3c2cc(CC(C)C(=O)O)cc3C(C)(C)C)c1C. The van der Waals surface area contributed by atoms with Crippen molar-refractivity contribution in [3.63, 3.8) is 0 Å². The van der Waals surface area contributed by atoms with Gasteiger partial charge in [-0.2, -0.15) is 0 Å². The fourth-order valence-corrected chi connectivity index (χ4v) is 3.95. The summed E-state index contributed by atoms with van der Waals surface area (Å²) in [6.45, 7) is 12.1. The highest BCUT2D eigenvalue weighted by atomic mass is 16.5. The molecule has 0 saturated carbocycles. The predicted octanol–water partition coefficient (Wildman–Crippen LogP) is 5.11. The van der Waals surface area contributed by atoms with Gasteiger partial charge in [-0.25, -0.2) is 0 Å². The van der Waals surface area contributed by atoms with Crippen LogP contribution in [0.3, 0.4) is 0 Å². The molecule has 1 aliphatic heterocycles. The van der Waals surface area contributed by atoms with E-state index in [0.29, 0.717) is 18.6 Å². The average molecular weight is 395 g/mol. The second kappa shape index (κ2) is 7.66. The van der Waals surface area contributed by atoms with Crippen LogP contribution in [0.2, 0.25) is 0 Å². The Morgan fingerprint density at radius 3 is 2.52 bits per heavy atom. The molecule has 2 unspecified atom stereocenters. The van der Waals surface area contributed by atoms with Crippen LogP contribution in [0.25, 0.3) is 0 Å². The Bertz CT molecular complexity index is 966. The van der Waals surface area contributed by atoms with Crippen molar-refractivity contribution in [1.29, 1.82) is 0 Å². The minimum Gasteiger partial charge on any atom is -0.481 e. The standard InChI is InChI=1S/C25H30O4/c1-14-8-7-9-18(16(14)3)13-20-19-11-17(10-15(2)23(26)27)12-21(25(4,5)6)22(19)29-24(20)28/h7-9,11-12,15,20H,10,13H2,1-6H3,(H,26,27). The molecule has 29 heavy (non-hydrogen) atoms. The Hall–Kier alpha value is -2.62. The summed E-state index contributed by atoms with van der Waals surface area (Å²) in [4.78, 5) is 24.2. The number of carboxylic acid groups (broad SMARTS) is 1. The molecule has 1 heterocycles. The van der Waals surface area contributed by atoms with Gasteiger partial charge in [0.15, 0.2) is 0 Å². The topological polar surface area (TPSA) is 63.6 Å². The van der Waals surface area contributed by atoms with Crippen molar-refractivity contribution in [2.24, 2.45) is 5.92 Å². The Kier molecular flexibility index (Phi) is 5.57. The van der Waals surface area contributed by atoms with Crippen molar-refractivity contribution in [2.45, 2.75) is 65.7 Å². The van der Waals surface area contributed by atoms with Gasteiger partial charge in [-0.05, 0) is 54.4 Å². The van der Waals surface area contributed by atoms with E-state index in [1.165, 1.54) is 11.1 Å². The second-order valence-corrected chi connectivity index (χ2v) is 9.29. The zero-order chi connectivity index (χ0) is 21.5. The maximum Gasteiger partial charge on any atom is 0.319 e. The van der Waals surface area contributed by atoms with Gasteiger partial charge in [0.2, 0.25) is 0 Å². The van der Waals surface area contributed by atoms with Crippen molar-refractivity contribution >= 4 is 11.9 Å². The molecular weight excluding hydrogens is 364 g/mol. The number of ether oxygens (including phenoxy) is 1. The van der Waals surface area contributed by atoms with Gasteiger partial charge in [0.05, 0.1) is 11.8 Å². The molecule has 2 atom stereocenters. The van der Waals surface area contributed by atoms with E-state index in [1.807, 2.05) is 18.2 Å². The molecule has 0 bridgehead atoms. The molecule has 0 aromatic heterocycles. The van der Waals surface area contributed by atoms with Crippen LogP contribution >= 0.6 is 0 Å². The summed E-state index contributed by atoms with van der Waals surface area (Å²) >= 11 is 0. The van der Waals surface area contributed by atoms with Gasteiger partial charge < -0.3 is 9.84 Å². The number of carbonyl (C=O) groups is 2. The van der Waals surface area contributed by atoms with E-state index >= 15 is 0 Å². The molecule has 4 nitrogen and oxygen atoms in total. The Morgan fingerprint density at radius 1 is 1.21 bits per heavy atom. The number of fused-ring (bicyclic) bond motifs is 1. The number of aliphatic carboxylic acids is 1. The summed E-state index contributed by atoms with van der Waals surface area (Å²) in [7, 11) is 0.